The highest BCUT2D eigenvalue weighted by molar-refractivity contribution is 7.99. The summed E-state index contributed by atoms with van der Waals surface area (Å²) in [5.41, 5.74) is 0.0244. The van der Waals surface area contributed by atoms with Gasteiger partial charge in [0.05, 0.1) is 9.82 Å². The van der Waals surface area contributed by atoms with E-state index in [1.165, 1.54) is 30.3 Å². The number of hydrogen-bond donors (Lipinski definition) is 0. The molecule has 0 bridgehead atoms. The Morgan fingerprint density at radius 3 is 2.75 bits per heavy atom. The predicted molar refractivity (Wildman–Crippen MR) is 99.0 cm³/mol. The van der Waals surface area contributed by atoms with Crippen LogP contribution < -0.4 is 4.74 Å². The molecule has 1 aromatic heterocycles. The molecule has 8 nitrogen and oxygen atoms in total. The van der Waals surface area contributed by atoms with Crippen molar-refractivity contribution in [3.63, 3.8) is 0 Å². The van der Waals surface area contributed by atoms with Gasteiger partial charge in [0.25, 0.3) is 5.69 Å². The van der Waals surface area contributed by atoms with Crippen LogP contribution in [0, 0.1) is 15.9 Å². The molecule has 0 N–H and O–H groups in total. The molecule has 2 aromatic carbocycles. The highest BCUT2D eigenvalue weighted by Gasteiger charge is 2.20. The van der Waals surface area contributed by atoms with Crippen molar-refractivity contribution in [2.45, 2.75) is 30.1 Å². The normalized spacial score (nSPS) is 10.6. The number of aromatic nitrogens is 3. The molecule has 0 spiro atoms. The number of aldehydes is 1. The number of benzene rings is 2. The fourth-order valence-corrected chi connectivity index (χ4v) is 3.46. The minimum Gasteiger partial charge on any atom is -0.483 e. The molecule has 0 amide bonds. The van der Waals surface area contributed by atoms with Crippen molar-refractivity contribution >= 4 is 23.7 Å². The Labute approximate surface area is 163 Å². The van der Waals surface area contributed by atoms with E-state index in [1.807, 2.05) is 6.92 Å². The maximum Gasteiger partial charge on any atom is 0.284 e. The van der Waals surface area contributed by atoms with E-state index < -0.39 is 10.7 Å². The predicted octanol–water partition coefficient (Wildman–Crippen LogP) is 3.89. The smallest absolute Gasteiger partial charge is 0.284 e. The lowest BCUT2D eigenvalue weighted by molar-refractivity contribution is -0.387. The van der Waals surface area contributed by atoms with Crippen LogP contribution in [0.3, 0.4) is 0 Å². The van der Waals surface area contributed by atoms with Crippen LogP contribution >= 0.6 is 11.8 Å². The maximum atomic E-state index is 13.7. The molecular formula is C18H15FN4O4S. The van der Waals surface area contributed by atoms with E-state index in [2.05, 4.69) is 10.2 Å². The number of halogens is 1. The minimum atomic E-state index is -0.551. The molecule has 0 aliphatic carbocycles. The molecule has 3 rings (SSSR count). The molecule has 1 heterocycles. The number of carbonyl (C=O) groups excluding carboxylic acids is 1. The fourth-order valence-electron chi connectivity index (χ4n) is 2.46. The summed E-state index contributed by atoms with van der Waals surface area (Å²) < 4.78 is 20.9. The van der Waals surface area contributed by atoms with Crippen LogP contribution in [0.4, 0.5) is 10.1 Å². The van der Waals surface area contributed by atoms with E-state index in [0.717, 1.165) is 11.8 Å². The standard InChI is InChI=1S/C18H15FN4O4S/c1-2-22-17(11-27-15-6-4-3-5-13(15)19)20-21-18(22)28-16-8-7-12(10-24)9-14(16)23(25)26/h3-10H,2,11H2,1H3. The van der Waals surface area contributed by atoms with Crippen molar-refractivity contribution in [3.8, 4) is 5.75 Å². The first kappa shape index (κ1) is 19.5. The highest BCUT2D eigenvalue weighted by atomic mass is 32.2. The van der Waals surface area contributed by atoms with Crippen LogP contribution in [0.2, 0.25) is 0 Å². The summed E-state index contributed by atoms with van der Waals surface area (Å²) in [6.45, 7) is 2.35. The minimum absolute atomic E-state index is 0.00545. The van der Waals surface area contributed by atoms with Gasteiger partial charge in [-0.1, -0.05) is 18.2 Å². The zero-order valence-electron chi connectivity index (χ0n) is 14.7. The van der Waals surface area contributed by atoms with Gasteiger partial charge in [-0.3, -0.25) is 14.9 Å². The quantitative estimate of drug-likeness (QED) is 0.320. The van der Waals surface area contributed by atoms with Crippen LogP contribution in [0.5, 0.6) is 5.75 Å². The molecule has 0 atom stereocenters. The van der Waals surface area contributed by atoms with Gasteiger partial charge in [0, 0.05) is 18.2 Å². The van der Waals surface area contributed by atoms with Gasteiger partial charge >= 0.3 is 0 Å². The molecule has 0 unspecified atom stereocenters. The largest absolute Gasteiger partial charge is 0.483 e. The van der Waals surface area contributed by atoms with Gasteiger partial charge < -0.3 is 9.30 Å². The molecule has 10 heteroatoms. The van der Waals surface area contributed by atoms with Gasteiger partial charge in [-0.25, -0.2) is 4.39 Å². The maximum absolute atomic E-state index is 13.7. The van der Waals surface area contributed by atoms with Crippen LogP contribution in [0.15, 0.2) is 52.5 Å². The first-order valence-corrected chi connectivity index (χ1v) is 9.06. The molecule has 0 saturated carbocycles. The van der Waals surface area contributed by atoms with E-state index in [4.69, 9.17) is 4.74 Å². The van der Waals surface area contributed by atoms with E-state index in [9.17, 15) is 19.3 Å². The number of ether oxygens (including phenoxy) is 1. The third-order valence-corrected chi connectivity index (χ3v) is 4.87. The molecule has 0 fully saturated rings. The van der Waals surface area contributed by atoms with E-state index in [1.54, 1.807) is 16.7 Å². The Hall–Kier alpha value is -3.27. The lowest BCUT2D eigenvalue weighted by atomic mass is 10.2. The number of hydrogen-bond acceptors (Lipinski definition) is 7. The van der Waals surface area contributed by atoms with Gasteiger partial charge in [-0.05, 0) is 36.9 Å². The van der Waals surface area contributed by atoms with E-state index in [-0.39, 0.29) is 23.6 Å². The number of nitro groups is 1. The van der Waals surface area contributed by atoms with Crippen molar-refractivity contribution < 1.29 is 18.8 Å². The third kappa shape index (κ3) is 4.17. The van der Waals surface area contributed by atoms with Gasteiger partial charge in [-0.2, -0.15) is 0 Å². The molecular weight excluding hydrogens is 387 g/mol. The summed E-state index contributed by atoms with van der Waals surface area (Å²) in [5, 5.41) is 19.9. The number of para-hydroxylation sites is 1. The summed E-state index contributed by atoms with van der Waals surface area (Å²) in [4.78, 5) is 22.0. The topological polar surface area (TPSA) is 100 Å². The van der Waals surface area contributed by atoms with Crippen molar-refractivity contribution in [1.82, 2.24) is 14.8 Å². The highest BCUT2D eigenvalue weighted by Crippen LogP contribution is 2.34. The summed E-state index contributed by atoms with van der Waals surface area (Å²) >= 11 is 1.06. The van der Waals surface area contributed by atoms with E-state index >= 15 is 0 Å². The Morgan fingerprint density at radius 2 is 2.07 bits per heavy atom. The average Bonchev–Trinajstić information content (AvgIpc) is 3.09. The van der Waals surface area contributed by atoms with Crippen LogP contribution in [-0.4, -0.2) is 26.0 Å². The average molecular weight is 402 g/mol. The molecule has 28 heavy (non-hydrogen) atoms. The Bertz CT molecular complexity index is 1020. The van der Waals surface area contributed by atoms with Gasteiger partial charge in [0.1, 0.15) is 12.9 Å². The second kappa shape index (κ2) is 8.61. The van der Waals surface area contributed by atoms with Crippen molar-refractivity contribution in [2.75, 3.05) is 0 Å². The number of nitro benzene ring substituents is 1. The lowest BCUT2D eigenvalue weighted by Crippen LogP contribution is -2.07. The molecule has 0 saturated heterocycles. The molecule has 0 aliphatic rings. The zero-order valence-corrected chi connectivity index (χ0v) is 15.6. The molecule has 0 radical (unpaired) electrons. The van der Waals surface area contributed by atoms with Crippen LogP contribution in [0.25, 0.3) is 0 Å². The summed E-state index contributed by atoms with van der Waals surface area (Å²) in [6, 6.07) is 10.2. The Morgan fingerprint density at radius 1 is 1.29 bits per heavy atom. The Kier molecular flexibility index (Phi) is 5.99. The van der Waals surface area contributed by atoms with Crippen LogP contribution in [0.1, 0.15) is 23.1 Å². The van der Waals surface area contributed by atoms with E-state index in [0.29, 0.717) is 28.7 Å². The third-order valence-electron chi connectivity index (χ3n) is 3.82. The summed E-state index contributed by atoms with van der Waals surface area (Å²) in [7, 11) is 0. The van der Waals surface area contributed by atoms with Gasteiger partial charge in [0.15, 0.2) is 22.5 Å². The Balaban J connectivity index is 1.84. The summed E-state index contributed by atoms with van der Waals surface area (Å²) in [5.74, 6) is 0.0772. The van der Waals surface area contributed by atoms with Crippen molar-refractivity contribution in [2.24, 2.45) is 0 Å². The molecule has 3 aromatic rings. The second-order valence-electron chi connectivity index (χ2n) is 5.57. The van der Waals surface area contributed by atoms with Gasteiger partial charge in [0.2, 0.25) is 0 Å². The zero-order chi connectivity index (χ0) is 20.1. The van der Waals surface area contributed by atoms with Crippen molar-refractivity contribution in [1.29, 1.82) is 0 Å². The monoisotopic (exact) mass is 402 g/mol. The fraction of sp³-hybridized carbons (Fsp3) is 0.167. The molecule has 144 valence electrons. The SMILES string of the molecule is CCn1c(COc2ccccc2F)nnc1Sc1ccc(C=O)cc1[N+](=O)[O-]. The number of carbonyl (C=O) groups is 1. The summed E-state index contributed by atoms with van der Waals surface area (Å²) in [6.07, 6.45) is 0.550. The lowest BCUT2D eigenvalue weighted by Gasteiger charge is -2.09. The second-order valence-corrected chi connectivity index (χ2v) is 6.58. The van der Waals surface area contributed by atoms with Crippen LogP contribution in [-0.2, 0) is 13.2 Å². The first-order valence-electron chi connectivity index (χ1n) is 8.24. The first-order chi connectivity index (χ1) is 13.5. The number of nitrogens with zero attached hydrogens (tertiary/aromatic N) is 4. The number of rotatable bonds is 8. The molecule has 0 aliphatic heterocycles. The van der Waals surface area contributed by atoms with Gasteiger partial charge in [-0.15, -0.1) is 10.2 Å². The van der Waals surface area contributed by atoms with Crippen molar-refractivity contribution in [3.05, 3.63) is 69.8 Å².